The van der Waals surface area contributed by atoms with Crippen LogP contribution in [0.15, 0.2) is 0 Å². The first-order valence-corrected chi connectivity index (χ1v) is 6.59. The van der Waals surface area contributed by atoms with Crippen LogP contribution in [-0.2, 0) is 9.59 Å². The topological polar surface area (TPSA) is 66.6 Å². The van der Waals surface area contributed by atoms with E-state index in [1.807, 2.05) is 18.7 Å². The summed E-state index contributed by atoms with van der Waals surface area (Å²) in [6, 6.07) is -0.408. The molecule has 2 atom stereocenters. The predicted molar refractivity (Wildman–Crippen MR) is 70.8 cm³/mol. The fraction of sp³-hybridized carbons (Fsp3) is 0.846. The first-order chi connectivity index (χ1) is 8.32. The van der Waals surface area contributed by atoms with Gasteiger partial charge in [0, 0.05) is 33.6 Å². The Hall–Kier alpha value is -1.10. The number of amides is 2. The molecule has 1 fully saturated rings. The Morgan fingerprint density at radius 1 is 1.44 bits per heavy atom. The van der Waals surface area contributed by atoms with Crippen molar-refractivity contribution in [2.24, 2.45) is 17.6 Å². The number of hydrogen-bond donors (Lipinski definition) is 1. The molecule has 0 bridgehead atoms. The second-order valence-corrected chi connectivity index (χ2v) is 5.61. The second kappa shape index (κ2) is 6.18. The van der Waals surface area contributed by atoms with Crippen LogP contribution >= 0.6 is 0 Å². The largest absolute Gasteiger partial charge is 0.346 e. The number of hydrogen-bond acceptors (Lipinski definition) is 3. The molecule has 0 unspecified atom stereocenters. The average molecular weight is 255 g/mol. The Morgan fingerprint density at radius 3 is 2.56 bits per heavy atom. The molecule has 5 nitrogen and oxygen atoms in total. The minimum atomic E-state index is -0.408. The standard InChI is InChI=1S/C13H25N3O2/c1-9(2)12(14)13(18)16-6-5-11(8-16)7-15(4)10(3)17/h9,11-12H,5-8,14H2,1-4H3/t11-,12+/m1/s1. The van der Waals surface area contributed by atoms with Crippen molar-refractivity contribution in [3.8, 4) is 0 Å². The van der Waals surface area contributed by atoms with Gasteiger partial charge in [0.2, 0.25) is 11.8 Å². The molecular weight excluding hydrogens is 230 g/mol. The van der Waals surface area contributed by atoms with E-state index in [9.17, 15) is 9.59 Å². The van der Waals surface area contributed by atoms with E-state index < -0.39 is 6.04 Å². The van der Waals surface area contributed by atoms with E-state index in [4.69, 9.17) is 5.73 Å². The molecule has 0 spiro atoms. The molecule has 0 saturated carbocycles. The molecular formula is C13H25N3O2. The lowest BCUT2D eigenvalue weighted by Gasteiger charge is -2.24. The van der Waals surface area contributed by atoms with Gasteiger partial charge >= 0.3 is 0 Å². The van der Waals surface area contributed by atoms with Gasteiger partial charge in [-0.25, -0.2) is 0 Å². The van der Waals surface area contributed by atoms with Crippen LogP contribution in [-0.4, -0.2) is 54.3 Å². The van der Waals surface area contributed by atoms with Gasteiger partial charge in [0.05, 0.1) is 6.04 Å². The number of nitrogens with two attached hydrogens (primary N) is 1. The van der Waals surface area contributed by atoms with Crippen LogP contribution in [0, 0.1) is 11.8 Å². The molecule has 0 radical (unpaired) electrons. The molecule has 5 heteroatoms. The van der Waals surface area contributed by atoms with Gasteiger partial charge in [-0.1, -0.05) is 13.8 Å². The van der Waals surface area contributed by atoms with Crippen LogP contribution < -0.4 is 5.73 Å². The summed E-state index contributed by atoms with van der Waals surface area (Å²) >= 11 is 0. The molecule has 0 aromatic rings. The van der Waals surface area contributed by atoms with E-state index in [0.29, 0.717) is 5.92 Å². The summed E-state index contributed by atoms with van der Waals surface area (Å²) in [7, 11) is 1.80. The highest BCUT2D eigenvalue weighted by atomic mass is 16.2. The predicted octanol–water partition coefficient (Wildman–Crippen LogP) is 0.297. The lowest BCUT2D eigenvalue weighted by molar-refractivity contribution is -0.132. The van der Waals surface area contributed by atoms with E-state index in [-0.39, 0.29) is 17.7 Å². The number of carbonyl (C=O) groups excluding carboxylic acids is 2. The Bertz CT molecular complexity index is 317. The molecule has 104 valence electrons. The summed E-state index contributed by atoms with van der Waals surface area (Å²) < 4.78 is 0. The third-order valence-electron chi connectivity index (χ3n) is 3.67. The van der Waals surface area contributed by atoms with Gasteiger partial charge in [0.1, 0.15) is 0 Å². The fourth-order valence-corrected chi connectivity index (χ4v) is 2.19. The Balaban J connectivity index is 2.46. The summed E-state index contributed by atoms with van der Waals surface area (Å²) in [5.74, 6) is 0.648. The number of carbonyl (C=O) groups is 2. The molecule has 1 heterocycles. The fourth-order valence-electron chi connectivity index (χ4n) is 2.19. The monoisotopic (exact) mass is 255 g/mol. The zero-order chi connectivity index (χ0) is 13.9. The molecule has 0 aromatic heterocycles. The molecule has 0 aromatic carbocycles. The van der Waals surface area contributed by atoms with Gasteiger partial charge < -0.3 is 15.5 Å². The van der Waals surface area contributed by atoms with Crippen LogP contribution in [0.25, 0.3) is 0 Å². The third kappa shape index (κ3) is 3.70. The van der Waals surface area contributed by atoms with E-state index >= 15 is 0 Å². The molecule has 18 heavy (non-hydrogen) atoms. The van der Waals surface area contributed by atoms with Gasteiger partial charge in [0.25, 0.3) is 0 Å². The zero-order valence-corrected chi connectivity index (χ0v) is 11.8. The van der Waals surface area contributed by atoms with E-state index in [1.54, 1.807) is 18.9 Å². The minimum Gasteiger partial charge on any atom is -0.346 e. The number of rotatable bonds is 4. The molecule has 1 saturated heterocycles. The van der Waals surface area contributed by atoms with Crippen molar-refractivity contribution in [3.05, 3.63) is 0 Å². The minimum absolute atomic E-state index is 0.0398. The summed E-state index contributed by atoms with van der Waals surface area (Å²) in [6.45, 7) is 7.68. The average Bonchev–Trinajstić information content (AvgIpc) is 2.75. The second-order valence-electron chi connectivity index (χ2n) is 5.61. The lowest BCUT2D eigenvalue weighted by atomic mass is 10.0. The Morgan fingerprint density at radius 2 is 2.06 bits per heavy atom. The van der Waals surface area contributed by atoms with Crippen molar-refractivity contribution in [3.63, 3.8) is 0 Å². The van der Waals surface area contributed by atoms with Crippen LogP contribution in [0.4, 0.5) is 0 Å². The summed E-state index contributed by atoms with van der Waals surface area (Å²) in [5.41, 5.74) is 5.88. The van der Waals surface area contributed by atoms with Crippen molar-refractivity contribution in [2.45, 2.75) is 33.2 Å². The highest BCUT2D eigenvalue weighted by Crippen LogP contribution is 2.18. The van der Waals surface area contributed by atoms with Crippen molar-refractivity contribution in [1.82, 2.24) is 9.80 Å². The quantitative estimate of drug-likeness (QED) is 0.785. The number of likely N-dealkylation sites (tertiary alicyclic amines) is 1. The summed E-state index contributed by atoms with van der Waals surface area (Å²) in [5, 5.41) is 0. The highest BCUT2D eigenvalue weighted by molar-refractivity contribution is 5.82. The van der Waals surface area contributed by atoms with Gasteiger partial charge in [-0.3, -0.25) is 9.59 Å². The van der Waals surface area contributed by atoms with Gasteiger partial charge in [-0.2, -0.15) is 0 Å². The van der Waals surface area contributed by atoms with Crippen LogP contribution in [0.5, 0.6) is 0 Å². The molecule has 0 aliphatic carbocycles. The first-order valence-electron chi connectivity index (χ1n) is 6.59. The number of nitrogens with zero attached hydrogens (tertiary/aromatic N) is 2. The van der Waals surface area contributed by atoms with Gasteiger partial charge in [-0.05, 0) is 18.3 Å². The van der Waals surface area contributed by atoms with E-state index in [2.05, 4.69) is 0 Å². The van der Waals surface area contributed by atoms with E-state index in [1.165, 1.54) is 0 Å². The van der Waals surface area contributed by atoms with Crippen LogP contribution in [0.2, 0.25) is 0 Å². The maximum Gasteiger partial charge on any atom is 0.239 e. The van der Waals surface area contributed by atoms with Crippen LogP contribution in [0.1, 0.15) is 27.2 Å². The van der Waals surface area contributed by atoms with Crippen molar-refractivity contribution in [2.75, 3.05) is 26.7 Å². The van der Waals surface area contributed by atoms with Crippen molar-refractivity contribution >= 4 is 11.8 Å². The van der Waals surface area contributed by atoms with Crippen molar-refractivity contribution in [1.29, 1.82) is 0 Å². The highest BCUT2D eigenvalue weighted by Gasteiger charge is 2.31. The lowest BCUT2D eigenvalue weighted by Crippen LogP contribution is -2.45. The summed E-state index contributed by atoms with van der Waals surface area (Å²) in [4.78, 5) is 26.8. The molecule has 2 N–H and O–H groups in total. The smallest absolute Gasteiger partial charge is 0.239 e. The van der Waals surface area contributed by atoms with Gasteiger partial charge in [-0.15, -0.1) is 0 Å². The molecule has 2 amide bonds. The molecule has 1 aliphatic heterocycles. The maximum absolute atomic E-state index is 12.1. The Labute approximate surface area is 109 Å². The maximum atomic E-state index is 12.1. The van der Waals surface area contributed by atoms with Crippen molar-refractivity contribution < 1.29 is 9.59 Å². The third-order valence-corrected chi connectivity index (χ3v) is 3.67. The Kier molecular flexibility index (Phi) is 5.14. The molecule has 1 rings (SSSR count). The zero-order valence-electron chi connectivity index (χ0n) is 11.8. The normalized spacial score (nSPS) is 21.2. The first kappa shape index (κ1) is 15.0. The summed E-state index contributed by atoms with van der Waals surface area (Å²) in [6.07, 6.45) is 0.953. The van der Waals surface area contributed by atoms with E-state index in [0.717, 1.165) is 26.1 Å². The SMILES string of the molecule is CC(=O)N(C)C[C@H]1CCN(C(=O)[C@@H](N)C(C)C)C1. The van der Waals surface area contributed by atoms with Crippen LogP contribution in [0.3, 0.4) is 0 Å². The molecule has 1 aliphatic rings. The van der Waals surface area contributed by atoms with Gasteiger partial charge in [0.15, 0.2) is 0 Å².